The van der Waals surface area contributed by atoms with Gasteiger partial charge in [0.15, 0.2) is 5.78 Å². The molecule has 1 N–H and O–H groups in total. The van der Waals surface area contributed by atoms with Gasteiger partial charge in [-0.15, -0.1) is 0 Å². The van der Waals surface area contributed by atoms with E-state index in [0.29, 0.717) is 18.7 Å². The predicted molar refractivity (Wildman–Crippen MR) is 77.7 cm³/mol. The molecule has 1 aromatic carbocycles. The zero-order valence-electron chi connectivity index (χ0n) is 11.7. The summed E-state index contributed by atoms with van der Waals surface area (Å²) in [4.78, 5) is 12.1. The molecule has 1 saturated heterocycles. The number of Topliss-reactive ketones (excluding diaryl/α,β-unsaturated/α-hetero) is 1. The molecule has 0 aromatic heterocycles. The van der Waals surface area contributed by atoms with Crippen molar-refractivity contribution < 1.29 is 17.9 Å². The molecule has 114 valence electrons. The highest BCUT2D eigenvalue weighted by Crippen LogP contribution is 2.32. The summed E-state index contributed by atoms with van der Waals surface area (Å²) in [5, 5.41) is 0. The first-order chi connectivity index (χ1) is 10.1. The molecule has 1 unspecified atom stereocenters. The second-order valence-corrected chi connectivity index (χ2v) is 7.42. The van der Waals surface area contributed by atoms with E-state index < -0.39 is 10.0 Å². The number of ketones is 1. The topological polar surface area (TPSA) is 72.5 Å². The number of ether oxygens (including phenoxy) is 1. The second kappa shape index (κ2) is 5.87. The molecule has 0 bridgehead atoms. The first-order valence-electron chi connectivity index (χ1n) is 7.32. The van der Waals surface area contributed by atoms with Gasteiger partial charge in [-0.3, -0.25) is 4.79 Å². The van der Waals surface area contributed by atoms with Crippen LogP contribution in [0.3, 0.4) is 0 Å². The van der Waals surface area contributed by atoms with E-state index in [1.165, 1.54) is 12.1 Å². The fourth-order valence-electron chi connectivity index (χ4n) is 2.47. The van der Waals surface area contributed by atoms with E-state index in [2.05, 4.69) is 4.72 Å². The lowest BCUT2D eigenvalue weighted by Crippen LogP contribution is -2.31. The summed E-state index contributed by atoms with van der Waals surface area (Å²) in [6.07, 6.45) is 3.72. The quantitative estimate of drug-likeness (QED) is 0.812. The standard InChI is InChI=1S/C15H19NO4S/c17-15(11-3-4-11)12-5-7-14(8-6-12)21(18,19)16-10-13-2-1-9-20-13/h5-8,11,13,16H,1-4,9-10H2. The highest BCUT2D eigenvalue weighted by molar-refractivity contribution is 7.89. The summed E-state index contributed by atoms with van der Waals surface area (Å²) in [5.41, 5.74) is 0.593. The van der Waals surface area contributed by atoms with Gasteiger partial charge >= 0.3 is 0 Å². The zero-order valence-corrected chi connectivity index (χ0v) is 12.6. The highest BCUT2D eigenvalue weighted by Gasteiger charge is 2.30. The molecule has 0 radical (unpaired) electrons. The summed E-state index contributed by atoms with van der Waals surface area (Å²) in [6, 6.07) is 6.18. The lowest BCUT2D eigenvalue weighted by molar-refractivity contribution is 0.0967. The van der Waals surface area contributed by atoms with Crippen molar-refractivity contribution in [3.8, 4) is 0 Å². The van der Waals surface area contributed by atoms with Crippen molar-refractivity contribution in [3.63, 3.8) is 0 Å². The van der Waals surface area contributed by atoms with Crippen LogP contribution in [0.4, 0.5) is 0 Å². The minimum atomic E-state index is -3.54. The number of nitrogens with one attached hydrogen (secondary N) is 1. The minimum Gasteiger partial charge on any atom is -0.377 e. The van der Waals surface area contributed by atoms with E-state index in [1.807, 2.05) is 0 Å². The summed E-state index contributed by atoms with van der Waals surface area (Å²) in [7, 11) is -3.54. The van der Waals surface area contributed by atoms with E-state index in [4.69, 9.17) is 4.74 Å². The van der Waals surface area contributed by atoms with Crippen molar-refractivity contribution in [3.05, 3.63) is 29.8 Å². The molecule has 3 rings (SSSR count). The van der Waals surface area contributed by atoms with Crippen LogP contribution in [-0.2, 0) is 14.8 Å². The average Bonchev–Trinajstić information content (AvgIpc) is 3.21. The van der Waals surface area contributed by atoms with Gasteiger partial charge in [-0.2, -0.15) is 0 Å². The molecule has 1 aliphatic heterocycles. The van der Waals surface area contributed by atoms with Crippen LogP contribution in [0.25, 0.3) is 0 Å². The number of sulfonamides is 1. The Morgan fingerprint density at radius 1 is 1.19 bits per heavy atom. The predicted octanol–water partition coefficient (Wildman–Crippen LogP) is 1.74. The highest BCUT2D eigenvalue weighted by atomic mass is 32.2. The van der Waals surface area contributed by atoms with Gasteiger partial charge < -0.3 is 4.74 Å². The van der Waals surface area contributed by atoms with Crippen LogP contribution in [0.5, 0.6) is 0 Å². The summed E-state index contributed by atoms with van der Waals surface area (Å²) < 4.78 is 32.3. The Labute approximate surface area is 124 Å². The smallest absolute Gasteiger partial charge is 0.240 e. The molecule has 0 amide bonds. The Kier molecular flexibility index (Phi) is 4.10. The molecule has 2 aliphatic rings. The SMILES string of the molecule is O=C(c1ccc(S(=O)(=O)NCC2CCCO2)cc1)C1CC1. The maximum atomic E-state index is 12.2. The summed E-state index contributed by atoms with van der Waals surface area (Å²) >= 11 is 0. The van der Waals surface area contributed by atoms with Gasteiger partial charge in [-0.1, -0.05) is 12.1 Å². The van der Waals surface area contributed by atoms with Crippen LogP contribution in [0, 0.1) is 5.92 Å². The normalized spacial score (nSPS) is 22.4. The lowest BCUT2D eigenvalue weighted by Gasteiger charge is -2.11. The van der Waals surface area contributed by atoms with Gasteiger partial charge in [0.05, 0.1) is 11.0 Å². The molecule has 21 heavy (non-hydrogen) atoms. The van der Waals surface area contributed by atoms with Crippen LogP contribution < -0.4 is 4.72 Å². The fraction of sp³-hybridized carbons (Fsp3) is 0.533. The van der Waals surface area contributed by atoms with Crippen molar-refractivity contribution in [1.82, 2.24) is 4.72 Å². The van der Waals surface area contributed by atoms with E-state index in [1.54, 1.807) is 12.1 Å². The third-order valence-electron chi connectivity index (χ3n) is 3.92. The number of hydrogen-bond acceptors (Lipinski definition) is 4. The van der Waals surface area contributed by atoms with Gasteiger partial charge in [0.25, 0.3) is 0 Å². The first kappa shape index (κ1) is 14.7. The van der Waals surface area contributed by atoms with Gasteiger partial charge in [0.2, 0.25) is 10.0 Å². The third-order valence-corrected chi connectivity index (χ3v) is 5.36. The van der Waals surface area contributed by atoms with Crippen molar-refractivity contribution in [2.24, 2.45) is 5.92 Å². The van der Waals surface area contributed by atoms with Gasteiger partial charge in [0, 0.05) is 24.6 Å². The molecule has 1 aromatic rings. The first-order valence-corrected chi connectivity index (χ1v) is 8.80. The molecular weight excluding hydrogens is 290 g/mol. The summed E-state index contributed by atoms with van der Waals surface area (Å²) in [5.74, 6) is 0.261. The zero-order chi connectivity index (χ0) is 14.9. The maximum Gasteiger partial charge on any atom is 0.240 e. The second-order valence-electron chi connectivity index (χ2n) is 5.65. The molecule has 1 saturated carbocycles. The van der Waals surface area contributed by atoms with Crippen molar-refractivity contribution in [2.45, 2.75) is 36.7 Å². The molecule has 6 heteroatoms. The Morgan fingerprint density at radius 2 is 1.90 bits per heavy atom. The van der Waals surface area contributed by atoms with Crippen LogP contribution in [0.15, 0.2) is 29.2 Å². The van der Waals surface area contributed by atoms with Crippen LogP contribution in [0.1, 0.15) is 36.0 Å². The molecule has 0 spiro atoms. The average molecular weight is 309 g/mol. The number of benzene rings is 1. The van der Waals surface area contributed by atoms with E-state index in [0.717, 1.165) is 25.7 Å². The fourth-order valence-corrected chi connectivity index (χ4v) is 3.54. The lowest BCUT2D eigenvalue weighted by atomic mass is 10.1. The molecule has 1 atom stereocenters. The maximum absolute atomic E-state index is 12.2. The van der Waals surface area contributed by atoms with Gasteiger partial charge in [0.1, 0.15) is 0 Å². The number of carbonyl (C=O) groups is 1. The van der Waals surface area contributed by atoms with E-state index >= 15 is 0 Å². The van der Waals surface area contributed by atoms with E-state index in [-0.39, 0.29) is 22.7 Å². The van der Waals surface area contributed by atoms with Crippen molar-refractivity contribution in [1.29, 1.82) is 0 Å². The molecular formula is C15H19NO4S. The summed E-state index contributed by atoms with van der Waals surface area (Å²) in [6.45, 7) is 0.995. The number of rotatable bonds is 6. The minimum absolute atomic E-state index is 0.0320. The van der Waals surface area contributed by atoms with Crippen LogP contribution in [-0.4, -0.2) is 33.5 Å². The number of carbonyl (C=O) groups excluding carboxylic acids is 1. The third kappa shape index (κ3) is 3.51. The Hall–Kier alpha value is -1.24. The number of hydrogen-bond donors (Lipinski definition) is 1. The largest absolute Gasteiger partial charge is 0.377 e. The monoisotopic (exact) mass is 309 g/mol. The van der Waals surface area contributed by atoms with Crippen LogP contribution >= 0.6 is 0 Å². The van der Waals surface area contributed by atoms with Crippen molar-refractivity contribution >= 4 is 15.8 Å². The molecule has 2 fully saturated rings. The van der Waals surface area contributed by atoms with Crippen LogP contribution in [0.2, 0.25) is 0 Å². The van der Waals surface area contributed by atoms with Crippen molar-refractivity contribution in [2.75, 3.05) is 13.2 Å². The Morgan fingerprint density at radius 3 is 2.48 bits per heavy atom. The molecule has 5 nitrogen and oxygen atoms in total. The van der Waals surface area contributed by atoms with E-state index in [9.17, 15) is 13.2 Å². The Balaban J connectivity index is 1.65. The molecule has 1 heterocycles. The van der Waals surface area contributed by atoms with Gasteiger partial charge in [-0.05, 0) is 37.8 Å². The Bertz CT molecular complexity index is 614. The molecule has 1 aliphatic carbocycles. The van der Waals surface area contributed by atoms with Gasteiger partial charge in [-0.25, -0.2) is 13.1 Å².